The van der Waals surface area contributed by atoms with Crippen LogP contribution in [0.25, 0.3) is 16.2 Å². The van der Waals surface area contributed by atoms with Crippen molar-refractivity contribution in [2.24, 2.45) is 5.73 Å². The summed E-state index contributed by atoms with van der Waals surface area (Å²) >= 11 is 7.48. The number of imidazole rings is 1. The monoisotopic (exact) mass is 428 g/mol. The lowest BCUT2D eigenvalue weighted by Gasteiger charge is -2.16. The Labute approximate surface area is 175 Å². The SMILES string of the molecule is CC(Oc1cc(-c2cnc3cnc(CO)cn23)sc1C(N)=O)c1ccccc1Cl. The topological polar surface area (TPSA) is 103 Å². The van der Waals surface area contributed by atoms with Gasteiger partial charge in [0.2, 0.25) is 0 Å². The van der Waals surface area contributed by atoms with Crippen molar-refractivity contribution in [1.29, 1.82) is 0 Å². The van der Waals surface area contributed by atoms with Crippen LogP contribution in [0.5, 0.6) is 5.75 Å². The van der Waals surface area contributed by atoms with Crippen LogP contribution < -0.4 is 10.5 Å². The lowest BCUT2D eigenvalue weighted by molar-refractivity contribution is 0.0998. The Morgan fingerprint density at radius 1 is 1.34 bits per heavy atom. The molecule has 0 bridgehead atoms. The van der Waals surface area contributed by atoms with E-state index in [2.05, 4.69) is 9.97 Å². The van der Waals surface area contributed by atoms with Crippen LogP contribution in [-0.4, -0.2) is 25.4 Å². The van der Waals surface area contributed by atoms with E-state index in [0.717, 1.165) is 16.1 Å². The molecule has 0 fully saturated rings. The zero-order valence-electron chi connectivity index (χ0n) is 15.4. The lowest BCUT2D eigenvalue weighted by Crippen LogP contribution is -2.12. The van der Waals surface area contributed by atoms with E-state index in [9.17, 15) is 9.90 Å². The third kappa shape index (κ3) is 3.69. The van der Waals surface area contributed by atoms with Gasteiger partial charge < -0.3 is 15.6 Å². The number of aromatic nitrogens is 3. The van der Waals surface area contributed by atoms with Crippen LogP contribution >= 0.6 is 22.9 Å². The standard InChI is InChI=1S/C20H17ClN4O3S/c1-11(13-4-2-3-5-14(13)21)28-16-6-17(29-19(16)20(22)27)15-7-24-18-8-23-12(10-26)9-25(15)18/h2-9,11,26H,10H2,1H3,(H2,22,27). The van der Waals surface area contributed by atoms with Gasteiger partial charge in [-0.3, -0.25) is 14.2 Å². The number of nitrogens with two attached hydrogens (primary N) is 1. The van der Waals surface area contributed by atoms with Gasteiger partial charge in [-0.1, -0.05) is 29.8 Å². The van der Waals surface area contributed by atoms with Gasteiger partial charge in [-0.15, -0.1) is 11.3 Å². The van der Waals surface area contributed by atoms with E-state index in [1.807, 2.05) is 25.1 Å². The number of aliphatic hydroxyl groups is 1. The molecule has 1 amide bonds. The molecule has 0 aliphatic rings. The quantitative estimate of drug-likeness (QED) is 0.485. The van der Waals surface area contributed by atoms with E-state index < -0.39 is 5.91 Å². The van der Waals surface area contributed by atoms with Crippen molar-refractivity contribution in [1.82, 2.24) is 14.4 Å². The molecule has 148 valence electrons. The maximum atomic E-state index is 12.0. The predicted molar refractivity (Wildman–Crippen MR) is 111 cm³/mol. The number of benzene rings is 1. The van der Waals surface area contributed by atoms with Gasteiger partial charge >= 0.3 is 0 Å². The Morgan fingerprint density at radius 2 is 2.14 bits per heavy atom. The van der Waals surface area contributed by atoms with Crippen LogP contribution in [0.15, 0.2) is 48.9 Å². The summed E-state index contributed by atoms with van der Waals surface area (Å²) in [7, 11) is 0. The average Bonchev–Trinajstić information content (AvgIpc) is 3.31. The minimum atomic E-state index is -0.575. The Morgan fingerprint density at radius 3 is 2.86 bits per heavy atom. The van der Waals surface area contributed by atoms with Crippen molar-refractivity contribution in [3.05, 3.63) is 70.1 Å². The molecule has 4 rings (SSSR count). The number of halogens is 1. The highest BCUT2D eigenvalue weighted by atomic mass is 35.5. The number of hydrogen-bond donors (Lipinski definition) is 2. The fraction of sp³-hybridized carbons (Fsp3) is 0.150. The highest BCUT2D eigenvalue weighted by Gasteiger charge is 2.21. The first-order valence-electron chi connectivity index (χ1n) is 8.76. The van der Waals surface area contributed by atoms with Gasteiger partial charge in [0.15, 0.2) is 5.65 Å². The molecule has 7 nitrogen and oxygen atoms in total. The molecule has 0 radical (unpaired) electrons. The van der Waals surface area contributed by atoms with Gasteiger partial charge in [-0.2, -0.15) is 0 Å². The molecule has 9 heteroatoms. The molecule has 4 aromatic rings. The van der Waals surface area contributed by atoms with Crippen molar-refractivity contribution in [3.8, 4) is 16.3 Å². The van der Waals surface area contributed by atoms with Gasteiger partial charge in [0.05, 0.1) is 35.3 Å². The molecular weight excluding hydrogens is 412 g/mol. The zero-order valence-corrected chi connectivity index (χ0v) is 16.9. The van der Waals surface area contributed by atoms with Crippen LogP contribution in [0.3, 0.4) is 0 Å². The largest absolute Gasteiger partial charge is 0.484 e. The fourth-order valence-corrected chi connectivity index (χ4v) is 4.25. The van der Waals surface area contributed by atoms with E-state index in [0.29, 0.717) is 27.0 Å². The van der Waals surface area contributed by atoms with Crippen molar-refractivity contribution in [2.45, 2.75) is 19.6 Å². The Hall–Kier alpha value is -2.94. The van der Waals surface area contributed by atoms with Crippen molar-refractivity contribution >= 4 is 34.5 Å². The normalized spacial score (nSPS) is 12.2. The number of fused-ring (bicyclic) bond motifs is 1. The van der Waals surface area contributed by atoms with Gasteiger partial charge in [0.1, 0.15) is 16.7 Å². The molecule has 1 atom stereocenters. The number of thiophene rings is 1. The number of carbonyl (C=O) groups excluding carboxylic acids is 1. The third-order valence-corrected chi connectivity index (χ3v) is 5.93. The molecular formula is C20H17ClN4O3S. The van der Waals surface area contributed by atoms with E-state index in [4.69, 9.17) is 22.1 Å². The summed E-state index contributed by atoms with van der Waals surface area (Å²) in [4.78, 5) is 21.5. The maximum absolute atomic E-state index is 12.0. The predicted octanol–water partition coefficient (Wildman–Crippen LogP) is 3.84. The molecule has 0 spiro atoms. The molecule has 0 saturated heterocycles. The van der Waals surface area contributed by atoms with Gasteiger partial charge in [-0.25, -0.2) is 4.98 Å². The summed E-state index contributed by atoms with van der Waals surface area (Å²) in [5.74, 6) is -0.189. The van der Waals surface area contributed by atoms with Crippen LogP contribution in [0.2, 0.25) is 5.02 Å². The summed E-state index contributed by atoms with van der Waals surface area (Å²) in [6.07, 6.45) is 4.58. The van der Waals surface area contributed by atoms with E-state index >= 15 is 0 Å². The average molecular weight is 429 g/mol. The molecule has 0 aliphatic carbocycles. The molecule has 0 aliphatic heterocycles. The lowest BCUT2D eigenvalue weighted by atomic mass is 10.1. The second kappa shape index (κ2) is 7.82. The van der Waals surface area contributed by atoms with Crippen molar-refractivity contribution < 1.29 is 14.6 Å². The smallest absolute Gasteiger partial charge is 0.262 e. The summed E-state index contributed by atoms with van der Waals surface area (Å²) in [5.41, 5.74) is 8.27. The Bertz CT molecular complexity index is 1200. The molecule has 0 saturated carbocycles. The number of carbonyl (C=O) groups is 1. The number of hydrogen-bond acceptors (Lipinski definition) is 6. The number of amides is 1. The number of primary amides is 1. The molecule has 3 aromatic heterocycles. The van der Waals surface area contributed by atoms with E-state index in [-0.39, 0.29) is 12.7 Å². The third-order valence-electron chi connectivity index (χ3n) is 4.43. The molecule has 29 heavy (non-hydrogen) atoms. The summed E-state index contributed by atoms with van der Waals surface area (Å²) in [5, 5.41) is 9.95. The minimum Gasteiger partial charge on any atom is -0.484 e. The van der Waals surface area contributed by atoms with Gasteiger partial charge in [0, 0.05) is 22.8 Å². The van der Waals surface area contributed by atoms with E-state index in [1.54, 1.807) is 35.1 Å². The number of ether oxygens (including phenoxy) is 1. The Kier molecular flexibility index (Phi) is 5.23. The van der Waals surface area contributed by atoms with Gasteiger partial charge in [0.25, 0.3) is 5.91 Å². The first-order valence-corrected chi connectivity index (χ1v) is 9.95. The van der Waals surface area contributed by atoms with Crippen LogP contribution in [0.4, 0.5) is 0 Å². The van der Waals surface area contributed by atoms with Gasteiger partial charge in [-0.05, 0) is 13.0 Å². The second-order valence-corrected chi connectivity index (χ2v) is 7.82. The molecule has 1 unspecified atom stereocenters. The first-order chi connectivity index (χ1) is 14.0. The van der Waals surface area contributed by atoms with Crippen molar-refractivity contribution in [3.63, 3.8) is 0 Å². The summed E-state index contributed by atoms with van der Waals surface area (Å²) in [6, 6.07) is 9.14. The highest BCUT2D eigenvalue weighted by molar-refractivity contribution is 7.17. The number of aliphatic hydroxyl groups excluding tert-OH is 1. The molecule has 3 heterocycles. The van der Waals surface area contributed by atoms with Crippen molar-refractivity contribution in [2.75, 3.05) is 0 Å². The fourth-order valence-electron chi connectivity index (χ4n) is 3.01. The van der Waals surface area contributed by atoms with Crippen LogP contribution in [0, 0.1) is 0 Å². The minimum absolute atomic E-state index is 0.186. The molecule has 1 aromatic carbocycles. The van der Waals surface area contributed by atoms with Crippen LogP contribution in [-0.2, 0) is 6.61 Å². The zero-order chi connectivity index (χ0) is 20.5. The second-order valence-electron chi connectivity index (χ2n) is 6.36. The summed E-state index contributed by atoms with van der Waals surface area (Å²) < 4.78 is 7.85. The number of rotatable bonds is 6. The number of nitrogens with zero attached hydrogens (tertiary/aromatic N) is 3. The van der Waals surface area contributed by atoms with Crippen LogP contribution in [0.1, 0.15) is 34.0 Å². The Balaban J connectivity index is 1.74. The summed E-state index contributed by atoms with van der Waals surface area (Å²) in [6.45, 7) is 1.67. The maximum Gasteiger partial charge on any atom is 0.262 e. The molecule has 3 N–H and O–H groups in total. The first kappa shape index (κ1) is 19.4. The van der Waals surface area contributed by atoms with E-state index in [1.165, 1.54) is 11.3 Å². The highest BCUT2D eigenvalue weighted by Crippen LogP contribution is 2.39.